The summed E-state index contributed by atoms with van der Waals surface area (Å²) in [5.74, 6) is 2.42. The first-order valence-corrected chi connectivity index (χ1v) is 7.26. The molecule has 96 valence electrons. The van der Waals surface area contributed by atoms with E-state index in [1.165, 1.54) is 30.3 Å². The van der Waals surface area contributed by atoms with Crippen molar-refractivity contribution in [2.75, 3.05) is 0 Å². The van der Waals surface area contributed by atoms with E-state index < -0.39 is 0 Å². The summed E-state index contributed by atoms with van der Waals surface area (Å²) in [7, 11) is 0. The minimum atomic E-state index is 0.489. The van der Waals surface area contributed by atoms with E-state index >= 15 is 0 Å². The molecule has 0 spiro atoms. The van der Waals surface area contributed by atoms with Gasteiger partial charge in [0.15, 0.2) is 0 Å². The van der Waals surface area contributed by atoms with E-state index in [2.05, 4.69) is 41.6 Å². The van der Waals surface area contributed by atoms with E-state index in [0.717, 1.165) is 17.3 Å². The number of imidazole rings is 1. The third kappa shape index (κ3) is 2.03. The van der Waals surface area contributed by atoms with Crippen LogP contribution < -0.4 is 0 Å². The number of halogens is 1. The summed E-state index contributed by atoms with van der Waals surface area (Å²) >= 11 is 6.07. The van der Waals surface area contributed by atoms with E-state index in [1.54, 1.807) is 0 Å². The van der Waals surface area contributed by atoms with Crippen molar-refractivity contribution in [3.63, 3.8) is 0 Å². The summed E-state index contributed by atoms with van der Waals surface area (Å²) in [5, 5.41) is 0. The maximum absolute atomic E-state index is 6.07. The normalized spacial score (nSPS) is 17.3. The highest BCUT2D eigenvalue weighted by Crippen LogP contribution is 2.38. The molecule has 1 unspecified atom stereocenters. The Balaban J connectivity index is 2.11. The number of alkyl halides is 1. The lowest BCUT2D eigenvalue weighted by atomic mass is 10.1. The van der Waals surface area contributed by atoms with Gasteiger partial charge in [-0.25, -0.2) is 4.98 Å². The Labute approximate surface area is 113 Å². The Hall–Kier alpha value is -1.02. The number of nitrogens with zero attached hydrogens (tertiary/aromatic N) is 2. The van der Waals surface area contributed by atoms with Crippen LogP contribution in [0.5, 0.6) is 0 Å². The molecule has 0 bridgehead atoms. The maximum Gasteiger partial charge on any atom is 0.125 e. The van der Waals surface area contributed by atoms with Crippen molar-refractivity contribution in [3.05, 3.63) is 29.6 Å². The number of hydrogen-bond donors (Lipinski definition) is 0. The van der Waals surface area contributed by atoms with E-state index in [-0.39, 0.29) is 0 Å². The minimum Gasteiger partial charge on any atom is -0.324 e. The molecular weight excluding hydrogens is 244 g/mol. The van der Waals surface area contributed by atoms with Gasteiger partial charge in [0, 0.05) is 6.04 Å². The third-order valence-electron chi connectivity index (χ3n) is 3.92. The first-order chi connectivity index (χ1) is 8.70. The Morgan fingerprint density at radius 2 is 2.22 bits per heavy atom. The van der Waals surface area contributed by atoms with Crippen molar-refractivity contribution in [2.45, 2.75) is 45.0 Å². The van der Waals surface area contributed by atoms with E-state index in [4.69, 9.17) is 11.6 Å². The summed E-state index contributed by atoms with van der Waals surface area (Å²) in [6.45, 7) is 4.45. The second kappa shape index (κ2) is 4.58. The van der Waals surface area contributed by atoms with Crippen LogP contribution in [0.1, 0.15) is 43.6 Å². The largest absolute Gasteiger partial charge is 0.324 e. The number of aromatic nitrogens is 2. The summed E-state index contributed by atoms with van der Waals surface area (Å²) in [6.07, 6.45) is 4.04. The topological polar surface area (TPSA) is 17.8 Å². The van der Waals surface area contributed by atoms with Crippen LogP contribution in [0.3, 0.4) is 0 Å². The van der Waals surface area contributed by atoms with Crippen molar-refractivity contribution in [1.29, 1.82) is 0 Å². The van der Waals surface area contributed by atoms with Crippen LogP contribution in [0, 0.1) is 12.8 Å². The van der Waals surface area contributed by atoms with Crippen molar-refractivity contribution >= 4 is 22.6 Å². The quantitative estimate of drug-likeness (QED) is 0.745. The molecule has 1 aliphatic rings. The van der Waals surface area contributed by atoms with Gasteiger partial charge in [-0.3, -0.25) is 0 Å². The second-order valence-corrected chi connectivity index (χ2v) is 5.77. The van der Waals surface area contributed by atoms with Gasteiger partial charge in [0.05, 0.1) is 16.9 Å². The van der Waals surface area contributed by atoms with Crippen molar-refractivity contribution in [3.8, 4) is 0 Å². The van der Waals surface area contributed by atoms with Gasteiger partial charge in [0.1, 0.15) is 5.82 Å². The first-order valence-electron chi connectivity index (χ1n) is 6.73. The minimum absolute atomic E-state index is 0.489. The Bertz CT molecular complexity index is 569. The molecule has 0 radical (unpaired) electrons. The van der Waals surface area contributed by atoms with Crippen molar-refractivity contribution < 1.29 is 0 Å². The van der Waals surface area contributed by atoms with Crippen LogP contribution in [0.4, 0.5) is 0 Å². The van der Waals surface area contributed by atoms with E-state index in [9.17, 15) is 0 Å². The maximum atomic E-state index is 6.07. The van der Waals surface area contributed by atoms with Gasteiger partial charge in [-0.1, -0.05) is 25.0 Å². The zero-order chi connectivity index (χ0) is 12.7. The highest BCUT2D eigenvalue weighted by atomic mass is 35.5. The van der Waals surface area contributed by atoms with Gasteiger partial charge >= 0.3 is 0 Å². The number of para-hydroxylation sites is 1. The number of fused-ring (bicyclic) bond motifs is 1. The molecule has 1 aromatic heterocycles. The van der Waals surface area contributed by atoms with Crippen LogP contribution in [0.25, 0.3) is 11.0 Å². The lowest BCUT2D eigenvalue weighted by molar-refractivity contribution is 0.476. The summed E-state index contributed by atoms with van der Waals surface area (Å²) in [4.78, 5) is 4.67. The number of aryl methyl sites for hydroxylation is 1. The number of benzene rings is 1. The molecular formula is C15H19ClN2. The Kier molecular flexibility index (Phi) is 3.06. The molecule has 2 nitrogen and oxygen atoms in total. The Morgan fingerprint density at radius 3 is 2.89 bits per heavy atom. The van der Waals surface area contributed by atoms with E-state index in [1.807, 2.05) is 0 Å². The summed E-state index contributed by atoms with van der Waals surface area (Å²) in [5.41, 5.74) is 3.63. The standard InChI is InChI=1S/C15H19ClN2/c1-10-4-3-5-13-15(10)18(14(9-16)17-13)11(2)8-12-6-7-12/h3-5,11-12H,6-9H2,1-2H3. The van der Waals surface area contributed by atoms with Gasteiger partial charge in [0.2, 0.25) is 0 Å². The summed E-state index contributed by atoms with van der Waals surface area (Å²) < 4.78 is 2.36. The highest BCUT2D eigenvalue weighted by Gasteiger charge is 2.26. The number of hydrogen-bond acceptors (Lipinski definition) is 1. The molecule has 18 heavy (non-hydrogen) atoms. The van der Waals surface area contributed by atoms with Crippen LogP contribution >= 0.6 is 11.6 Å². The molecule has 0 amide bonds. The molecule has 1 aliphatic carbocycles. The Morgan fingerprint density at radius 1 is 1.44 bits per heavy atom. The van der Waals surface area contributed by atoms with Crippen LogP contribution in [0.2, 0.25) is 0 Å². The molecule has 3 rings (SSSR count). The third-order valence-corrected chi connectivity index (χ3v) is 4.16. The summed E-state index contributed by atoms with van der Waals surface area (Å²) in [6, 6.07) is 6.80. The van der Waals surface area contributed by atoms with Gasteiger partial charge in [-0.2, -0.15) is 0 Å². The second-order valence-electron chi connectivity index (χ2n) is 5.50. The van der Waals surface area contributed by atoms with Crippen LogP contribution in [-0.2, 0) is 5.88 Å². The van der Waals surface area contributed by atoms with Crippen molar-refractivity contribution in [1.82, 2.24) is 9.55 Å². The highest BCUT2D eigenvalue weighted by molar-refractivity contribution is 6.16. The molecule has 0 N–H and O–H groups in total. The molecule has 1 atom stereocenters. The smallest absolute Gasteiger partial charge is 0.125 e. The van der Waals surface area contributed by atoms with Crippen LogP contribution in [0.15, 0.2) is 18.2 Å². The fourth-order valence-electron chi connectivity index (χ4n) is 2.88. The SMILES string of the molecule is Cc1cccc2nc(CCl)n(C(C)CC3CC3)c12. The van der Waals surface area contributed by atoms with E-state index in [0.29, 0.717) is 11.9 Å². The fourth-order valence-corrected chi connectivity index (χ4v) is 3.07. The molecule has 0 aliphatic heterocycles. The zero-order valence-corrected chi connectivity index (χ0v) is 11.7. The van der Waals surface area contributed by atoms with Gasteiger partial charge in [-0.05, 0) is 37.8 Å². The zero-order valence-electron chi connectivity index (χ0n) is 11.0. The molecule has 1 saturated carbocycles. The molecule has 0 saturated heterocycles. The van der Waals surface area contributed by atoms with Gasteiger partial charge < -0.3 is 4.57 Å². The average molecular weight is 263 g/mol. The fraction of sp³-hybridized carbons (Fsp3) is 0.533. The average Bonchev–Trinajstić information content (AvgIpc) is 3.07. The first kappa shape index (κ1) is 12.0. The molecule has 2 aromatic rings. The van der Waals surface area contributed by atoms with Crippen molar-refractivity contribution in [2.24, 2.45) is 5.92 Å². The number of rotatable bonds is 4. The lowest BCUT2D eigenvalue weighted by Gasteiger charge is -2.17. The van der Waals surface area contributed by atoms with Gasteiger partial charge in [-0.15, -0.1) is 11.6 Å². The lowest BCUT2D eigenvalue weighted by Crippen LogP contribution is -2.09. The van der Waals surface area contributed by atoms with Gasteiger partial charge in [0.25, 0.3) is 0 Å². The van der Waals surface area contributed by atoms with Crippen LogP contribution in [-0.4, -0.2) is 9.55 Å². The molecule has 1 aromatic carbocycles. The predicted octanol–water partition coefficient (Wildman–Crippen LogP) is 4.44. The molecule has 3 heteroatoms. The monoisotopic (exact) mass is 262 g/mol. The molecule has 1 fully saturated rings. The predicted molar refractivity (Wildman–Crippen MR) is 76.1 cm³/mol. The molecule has 1 heterocycles.